The lowest BCUT2D eigenvalue weighted by Crippen LogP contribution is -2.52. The number of hydrogen-bond donors (Lipinski definition) is 4. The molecular formula is C44H49FN8O6. The van der Waals surface area contributed by atoms with Gasteiger partial charge >= 0.3 is 12.2 Å². The van der Waals surface area contributed by atoms with E-state index in [1.54, 1.807) is 6.07 Å². The standard InChI is InChI=1S/C44H49FN8O6/c1-20(2)35(50-43(56)58-5)41(54)52-31-16-25(31)18-33(52)39-46-29-12-10-24-13-22(9-11-27(24)37(29)48-39)7-8-23-14-28(45)38-30(15-23)47-40(49-38)34-19-26-17-32(26)53(34)42(55)36(21(3)4)51-44(57)59-6/h9,11,13-15,20-21,25-26,31-36H,10,12,16-19H2,1-6H3,(H,46,48)(H,47,49)(H,50,56)(H,51,57)/t25-,26-,31-,32-,33+,34+,35+,36-/m1/s1. The molecule has 0 bridgehead atoms. The number of aryl methyl sites for hydroxylation is 2. The molecule has 2 saturated heterocycles. The van der Waals surface area contributed by atoms with Crippen LogP contribution in [0.25, 0.3) is 22.3 Å². The summed E-state index contributed by atoms with van der Waals surface area (Å²) in [5.74, 6) is 7.31. The van der Waals surface area contributed by atoms with E-state index in [1.807, 2.05) is 49.6 Å². The third-order valence-corrected chi connectivity index (χ3v) is 12.8. The Morgan fingerprint density at radius 1 is 0.763 bits per heavy atom. The van der Waals surface area contributed by atoms with Gasteiger partial charge in [-0.1, -0.05) is 45.6 Å². The van der Waals surface area contributed by atoms with Crippen LogP contribution >= 0.6 is 0 Å². The van der Waals surface area contributed by atoms with Crippen molar-refractivity contribution in [1.82, 2.24) is 40.4 Å². The van der Waals surface area contributed by atoms with Gasteiger partial charge in [-0.2, -0.15) is 0 Å². The van der Waals surface area contributed by atoms with Crippen molar-refractivity contribution in [2.75, 3.05) is 14.2 Å². The number of methoxy groups -OCH3 is 2. The van der Waals surface area contributed by atoms with Gasteiger partial charge < -0.3 is 39.9 Å². The van der Waals surface area contributed by atoms with Crippen molar-refractivity contribution in [2.45, 2.75) is 102 Å². The molecule has 9 rings (SSSR count). The molecule has 0 spiro atoms. The highest BCUT2D eigenvalue weighted by molar-refractivity contribution is 5.88. The smallest absolute Gasteiger partial charge is 0.407 e. The molecule has 14 nitrogen and oxygen atoms in total. The number of benzene rings is 2. The van der Waals surface area contributed by atoms with Crippen LogP contribution in [0.1, 0.15) is 99.5 Å². The Hall–Kier alpha value is -5.91. The van der Waals surface area contributed by atoms with Crippen LogP contribution in [0.15, 0.2) is 30.3 Å². The second-order valence-corrected chi connectivity index (χ2v) is 17.4. The Bertz CT molecular complexity index is 2450. The monoisotopic (exact) mass is 804 g/mol. The van der Waals surface area contributed by atoms with E-state index in [9.17, 15) is 19.2 Å². The van der Waals surface area contributed by atoms with Crippen LogP contribution in [-0.2, 0) is 31.9 Å². The Labute approximate surface area is 341 Å². The summed E-state index contributed by atoms with van der Waals surface area (Å²) < 4.78 is 25.2. The van der Waals surface area contributed by atoms with Crippen molar-refractivity contribution < 1.29 is 33.0 Å². The van der Waals surface area contributed by atoms with Crippen LogP contribution in [0.5, 0.6) is 0 Å². The number of ether oxygens (including phenoxy) is 2. The number of fused-ring (bicyclic) bond motifs is 6. The number of imidazole rings is 2. The quantitative estimate of drug-likeness (QED) is 0.165. The predicted molar refractivity (Wildman–Crippen MR) is 214 cm³/mol. The summed E-state index contributed by atoms with van der Waals surface area (Å²) in [5, 5.41) is 5.43. The maximum Gasteiger partial charge on any atom is 0.407 e. The van der Waals surface area contributed by atoms with Gasteiger partial charge in [-0.15, -0.1) is 0 Å². The number of halogens is 1. The van der Waals surface area contributed by atoms with Crippen LogP contribution in [0, 0.1) is 41.3 Å². The number of aromatic nitrogens is 4. The number of piperidine rings is 2. The number of H-pyrrole nitrogens is 2. The lowest BCUT2D eigenvalue weighted by atomic mass is 9.91. The fourth-order valence-electron chi connectivity index (χ4n) is 9.58. The van der Waals surface area contributed by atoms with Crippen molar-refractivity contribution in [3.05, 3.63) is 70.2 Å². The third-order valence-electron chi connectivity index (χ3n) is 12.8. The van der Waals surface area contributed by atoms with E-state index in [-0.39, 0.29) is 53.3 Å². The molecule has 59 heavy (non-hydrogen) atoms. The first-order valence-electron chi connectivity index (χ1n) is 20.6. The average molecular weight is 805 g/mol. The number of hydrogen-bond acceptors (Lipinski definition) is 8. The first-order valence-corrected chi connectivity index (χ1v) is 20.6. The number of carbonyl (C=O) groups excluding carboxylic acids is 4. The largest absolute Gasteiger partial charge is 0.453 e. The number of rotatable bonds is 8. The molecular weight excluding hydrogens is 756 g/mol. The van der Waals surface area contributed by atoms with E-state index in [4.69, 9.17) is 14.5 Å². The zero-order valence-corrected chi connectivity index (χ0v) is 34.0. The minimum Gasteiger partial charge on any atom is -0.453 e. The van der Waals surface area contributed by atoms with Gasteiger partial charge in [0.05, 0.1) is 37.5 Å². The summed E-state index contributed by atoms with van der Waals surface area (Å²) >= 11 is 0. The highest BCUT2D eigenvalue weighted by atomic mass is 19.1. The van der Waals surface area contributed by atoms with Gasteiger partial charge in [0.25, 0.3) is 0 Å². The molecule has 2 aromatic carbocycles. The number of carbonyl (C=O) groups is 4. The molecule has 2 aliphatic heterocycles. The SMILES string of the molecule is COC(=O)N[C@H](C(=O)N1[C@@H]2C[C@@H]2C[C@H]1c1nc2c([nH]1)CCc1cc(C#Cc3cc(F)c4nc([C@@H]5C[C@H]6C[C@H]6N5C(=O)[C@H](NC(=O)OC)C(C)C)[nH]c4c3)ccc1-2)C(C)C. The number of alkyl carbamates (subject to hydrolysis) is 2. The van der Waals surface area contributed by atoms with Gasteiger partial charge in [-0.05, 0) is 92.0 Å². The van der Waals surface area contributed by atoms with Crippen LogP contribution in [-0.4, -0.2) is 92.1 Å². The molecule has 308 valence electrons. The van der Waals surface area contributed by atoms with Gasteiger partial charge in [0.2, 0.25) is 11.8 Å². The van der Waals surface area contributed by atoms with Gasteiger partial charge in [-0.25, -0.2) is 23.9 Å². The van der Waals surface area contributed by atoms with Crippen LogP contribution in [0.4, 0.5) is 14.0 Å². The second kappa shape index (κ2) is 14.7. The van der Waals surface area contributed by atoms with Gasteiger partial charge in [0.1, 0.15) is 29.2 Å². The molecule has 4 N–H and O–H groups in total. The van der Waals surface area contributed by atoms with Crippen molar-refractivity contribution >= 4 is 35.0 Å². The molecule has 2 aromatic heterocycles. The number of nitrogens with one attached hydrogen (secondary N) is 4. The molecule has 8 atom stereocenters. The van der Waals surface area contributed by atoms with Crippen molar-refractivity contribution in [2.24, 2.45) is 23.7 Å². The summed E-state index contributed by atoms with van der Waals surface area (Å²) in [4.78, 5) is 72.2. The Kier molecular flexibility index (Phi) is 9.63. The van der Waals surface area contributed by atoms with Gasteiger partial charge in [-0.3, -0.25) is 9.59 Å². The van der Waals surface area contributed by atoms with Crippen LogP contribution < -0.4 is 10.6 Å². The topological polar surface area (TPSA) is 175 Å². The van der Waals surface area contributed by atoms with E-state index >= 15 is 4.39 Å². The number of aromatic amines is 2. The zero-order chi connectivity index (χ0) is 41.4. The van der Waals surface area contributed by atoms with E-state index in [2.05, 4.69) is 43.5 Å². The Morgan fingerprint density at radius 3 is 1.92 bits per heavy atom. The summed E-state index contributed by atoms with van der Waals surface area (Å²) in [6.07, 6.45) is 3.65. The minimum atomic E-state index is -0.762. The molecule has 5 aliphatic rings. The molecule has 3 aliphatic carbocycles. The fraction of sp³-hybridized carbons (Fsp3) is 0.500. The lowest BCUT2D eigenvalue weighted by Gasteiger charge is -2.31. The Morgan fingerprint density at radius 2 is 1.34 bits per heavy atom. The molecule has 0 radical (unpaired) electrons. The van der Waals surface area contributed by atoms with Crippen molar-refractivity contribution in [3.8, 4) is 23.1 Å². The summed E-state index contributed by atoms with van der Waals surface area (Å²) in [5.41, 5.74) is 6.01. The molecule has 4 amide bonds. The van der Waals surface area contributed by atoms with E-state index in [0.29, 0.717) is 35.2 Å². The number of nitrogens with zero attached hydrogens (tertiary/aromatic N) is 4. The maximum absolute atomic E-state index is 15.6. The molecule has 4 fully saturated rings. The average Bonchev–Trinajstić information content (AvgIpc) is 3.86. The maximum atomic E-state index is 15.6. The predicted octanol–water partition coefficient (Wildman–Crippen LogP) is 5.68. The van der Waals surface area contributed by atoms with Gasteiger partial charge in [0.15, 0.2) is 5.82 Å². The van der Waals surface area contributed by atoms with E-state index in [1.165, 1.54) is 20.3 Å². The number of likely N-dealkylation sites (tertiary alicyclic amines) is 2. The minimum absolute atomic E-state index is 0.0608. The van der Waals surface area contributed by atoms with Crippen LogP contribution in [0.2, 0.25) is 0 Å². The van der Waals surface area contributed by atoms with Gasteiger partial charge in [0, 0.05) is 34.5 Å². The second-order valence-electron chi connectivity index (χ2n) is 17.4. The molecule has 15 heteroatoms. The lowest BCUT2D eigenvalue weighted by molar-refractivity contribution is -0.137. The van der Waals surface area contributed by atoms with Crippen LogP contribution in [0.3, 0.4) is 0 Å². The highest BCUT2D eigenvalue weighted by Crippen LogP contribution is 2.55. The Balaban J connectivity index is 0.929. The van der Waals surface area contributed by atoms with Crippen molar-refractivity contribution in [3.63, 3.8) is 0 Å². The molecule has 2 saturated carbocycles. The number of amides is 4. The molecule has 0 unspecified atom stereocenters. The van der Waals surface area contributed by atoms with Crippen molar-refractivity contribution in [1.29, 1.82) is 0 Å². The fourth-order valence-corrected chi connectivity index (χ4v) is 9.58. The summed E-state index contributed by atoms with van der Waals surface area (Å²) in [7, 11) is 2.56. The molecule has 4 heterocycles. The van der Waals surface area contributed by atoms with E-state index in [0.717, 1.165) is 66.0 Å². The zero-order valence-electron chi connectivity index (χ0n) is 34.0. The molecule has 4 aromatic rings. The normalized spacial score (nSPS) is 24.4. The third kappa shape index (κ3) is 6.95. The summed E-state index contributed by atoms with van der Waals surface area (Å²) in [6, 6.07) is 7.38. The first-order chi connectivity index (χ1) is 28.3. The van der Waals surface area contributed by atoms with E-state index < -0.39 is 30.1 Å². The summed E-state index contributed by atoms with van der Waals surface area (Å²) in [6.45, 7) is 7.57. The first kappa shape index (κ1) is 38.6. The highest BCUT2D eigenvalue weighted by Gasteiger charge is 2.57.